The van der Waals surface area contributed by atoms with Gasteiger partial charge in [-0.1, -0.05) is 60.7 Å². The lowest BCUT2D eigenvalue weighted by atomic mass is 9.89. The number of aromatic nitrogens is 3. The van der Waals surface area contributed by atoms with Crippen LogP contribution in [0, 0.1) is 0 Å². The standard InChI is InChI=1S/C32H29N8O/c33-29-25-17-24(21-4-2-1-3-5-21)28(37-30(25)39-31(34)38-29)22-8-6-19(7-9-22)18-40-14-12-20(13-15-40)23-10-11-26-27(16-23)36-32(41)35-26/h1-11,16-17,20H,12-15,18H2,(H,35,41)(H4,33,34,37,38,39). The Kier molecular flexibility index (Phi) is 6.20. The zero-order valence-corrected chi connectivity index (χ0v) is 22.4. The van der Waals surface area contributed by atoms with Crippen LogP contribution >= 0.6 is 0 Å². The molecule has 5 N–H and O–H groups in total. The number of carbonyl (C=O) groups is 1. The summed E-state index contributed by atoms with van der Waals surface area (Å²) in [6.07, 6.45) is 2.15. The van der Waals surface area contributed by atoms with Crippen LogP contribution < -0.4 is 22.1 Å². The molecule has 0 bridgehead atoms. The summed E-state index contributed by atoms with van der Waals surface area (Å²) in [5.41, 5.74) is 20.4. The Labute approximate surface area is 237 Å². The molecule has 203 valence electrons. The maximum atomic E-state index is 11.6. The first-order chi connectivity index (χ1) is 20.0. The zero-order valence-electron chi connectivity index (χ0n) is 22.4. The van der Waals surface area contributed by atoms with Crippen LogP contribution in [0.3, 0.4) is 0 Å². The summed E-state index contributed by atoms with van der Waals surface area (Å²) in [6.45, 7) is 2.93. The number of nitrogens with one attached hydrogen (secondary N) is 1. The van der Waals surface area contributed by atoms with Crippen molar-refractivity contribution in [2.75, 3.05) is 29.9 Å². The predicted octanol–water partition coefficient (Wildman–Crippen LogP) is 5.68. The minimum Gasteiger partial charge on any atom is -0.383 e. The second-order valence-corrected chi connectivity index (χ2v) is 10.7. The Morgan fingerprint density at radius 3 is 2.41 bits per heavy atom. The summed E-state index contributed by atoms with van der Waals surface area (Å²) in [5.74, 6) is 0.909. The number of nitrogen functional groups attached to an aromatic ring is 2. The Morgan fingerprint density at radius 2 is 1.63 bits per heavy atom. The van der Waals surface area contributed by atoms with Gasteiger partial charge in [-0.3, -0.25) is 4.90 Å². The maximum Gasteiger partial charge on any atom is 0.346 e. The highest BCUT2D eigenvalue weighted by Crippen LogP contribution is 2.36. The number of pyridine rings is 1. The number of nitrogens with two attached hydrogens (primary N) is 2. The number of likely N-dealkylation sites (tertiary alicyclic amines) is 1. The molecule has 41 heavy (non-hydrogen) atoms. The van der Waals surface area contributed by atoms with Gasteiger partial charge in [0.05, 0.1) is 22.5 Å². The molecular formula is C32H29N8O. The van der Waals surface area contributed by atoms with E-state index < -0.39 is 0 Å². The summed E-state index contributed by atoms with van der Waals surface area (Å²) in [4.78, 5) is 27.4. The maximum absolute atomic E-state index is 11.6. The highest BCUT2D eigenvalue weighted by molar-refractivity contribution is 6.02. The smallest absolute Gasteiger partial charge is 0.346 e. The minimum atomic E-state index is -0.283. The van der Waals surface area contributed by atoms with Crippen molar-refractivity contribution in [3.63, 3.8) is 0 Å². The van der Waals surface area contributed by atoms with Crippen molar-refractivity contribution >= 4 is 40.2 Å². The number of fused-ring (bicyclic) bond motifs is 2. The predicted molar refractivity (Wildman–Crippen MR) is 162 cm³/mol. The fraction of sp³-hybridized carbons (Fsp3) is 0.188. The molecule has 0 atom stereocenters. The van der Waals surface area contributed by atoms with E-state index in [4.69, 9.17) is 16.5 Å². The third-order valence-electron chi connectivity index (χ3n) is 8.00. The van der Waals surface area contributed by atoms with Crippen LogP contribution in [0.5, 0.6) is 0 Å². The van der Waals surface area contributed by atoms with Crippen molar-refractivity contribution in [2.24, 2.45) is 0 Å². The summed E-state index contributed by atoms with van der Waals surface area (Å²) >= 11 is 0. The molecule has 0 spiro atoms. The quantitative estimate of drug-likeness (QED) is 0.260. The van der Waals surface area contributed by atoms with E-state index in [2.05, 4.69) is 74.0 Å². The number of hydrogen-bond donors (Lipinski definition) is 3. The fourth-order valence-electron chi connectivity index (χ4n) is 5.86. The Bertz CT molecular complexity index is 1760. The monoisotopic (exact) mass is 541 g/mol. The van der Waals surface area contributed by atoms with Gasteiger partial charge in [0.15, 0.2) is 5.65 Å². The van der Waals surface area contributed by atoms with Crippen molar-refractivity contribution in [2.45, 2.75) is 25.3 Å². The molecule has 3 aromatic carbocycles. The summed E-state index contributed by atoms with van der Waals surface area (Å²) in [6, 6.07) is 26.6. The molecular weight excluding hydrogens is 512 g/mol. The zero-order chi connectivity index (χ0) is 27.9. The molecule has 5 aromatic rings. The Morgan fingerprint density at radius 1 is 0.854 bits per heavy atom. The minimum absolute atomic E-state index is 0.110. The van der Waals surface area contributed by atoms with Crippen LogP contribution in [0.15, 0.2) is 78.9 Å². The lowest BCUT2D eigenvalue weighted by Crippen LogP contribution is -2.32. The normalized spacial score (nSPS) is 15.5. The van der Waals surface area contributed by atoms with E-state index in [1.165, 1.54) is 11.1 Å². The Hall–Kier alpha value is -5.02. The average molecular weight is 542 g/mol. The van der Waals surface area contributed by atoms with Gasteiger partial charge in [-0.15, -0.1) is 0 Å². The van der Waals surface area contributed by atoms with Crippen molar-refractivity contribution in [3.05, 3.63) is 90.0 Å². The van der Waals surface area contributed by atoms with Crippen molar-refractivity contribution in [1.29, 1.82) is 0 Å². The van der Waals surface area contributed by atoms with Crippen LogP contribution in [0.4, 0.5) is 27.9 Å². The topological polar surface area (TPSA) is 137 Å². The number of hydrogen-bond acceptors (Lipinski definition) is 7. The second kappa shape index (κ2) is 10.2. The van der Waals surface area contributed by atoms with Crippen LogP contribution in [0.2, 0.25) is 0 Å². The third-order valence-corrected chi connectivity index (χ3v) is 8.00. The van der Waals surface area contributed by atoms with Gasteiger partial charge in [0.2, 0.25) is 5.95 Å². The van der Waals surface area contributed by atoms with Crippen molar-refractivity contribution in [3.8, 4) is 22.4 Å². The number of amides is 2. The molecule has 1 fully saturated rings. The van der Waals surface area contributed by atoms with E-state index >= 15 is 0 Å². The molecule has 2 aromatic heterocycles. The molecule has 1 radical (unpaired) electrons. The first kappa shape index (κ1) is 25.0. The lowest BCUT2D eigenvalue weighted by molar-refractivity contribution is 0.204. The molecule has 0 aliphatic carbocycles. The molecule has 1 saturated heterocycles. The van der Waals surface area contributed by atoms with Crippen molar-refractivity contribution < 1.29 is 4.79 Å². The average Bonchev–Trinajstić information content (AvgIpc) is 3.37. The highest BCUT2D eigenvalue weighted by Gasteiger charge is 2.24. The largest absolute Gasteiger partial charge is 0.383 e. The van der Waals surface area contributed by atoms with Gasteiger partial charge < -0.3 is 16.8 Å². The van der Waals surface area contributed by atoms with Gasteiger partial charge in [0, 0.05) is 17.7 Å². The molecule has 7 rings (SSSR count). The molecule has 2 aliphatic rings. The van der Waals surface area contributed by atoms with E-state index in [9.17, 15) is 4.79 Å². The third kappa shape index (κ3) is 4.92. The number of nitrogens with zero attached hydrogens (tertiary/aromatic N) is 5. The summed E-state index contributed by atoms with van der Waals surface area (Å²) < 4.78 is 0. The number of benzene rings is 3. The number of piperidine rings is 1. The van der Waals surface area contributed by atoms with Gasteiger partial charge >= 0.3 is 6.03 Å². The Balaban J connectivity index is 1.09. The number of carbonyl (C=O) groups excluding carboxylic acids is 1. The molecule has 0 unspecified atom stereocenters. The fourth-order valence-corrected chi connectivity index (χ4v) is 5.86. The van der Waals surface area contributed by atoms with Crippen molar-refractivity contribution in [1.82, 2.24) is 25.2 Å². The number of anilines is 3. The van der Waals surface area contributed by atoms with E-state index in [-0.39, 0.29) is 12.0 Å². The van der Waals surface area contributed by atoms with Gasteiger partial charge in [0.25, 0.3) is 0 Å². The van der Waals surface area contributed by atoms with Crippen LogP contribution in [-0.2, 0) is 6.54 Å². The first-order valence-electron chi connectivity index (χ1n) is 13.8. The number of rotatable bonds is 5. The van der Waals surface area contributed by atoms with Crippen LogP contribution in [0.25, 0.3) is 33.4 Å². The van der Waals surface area contributed by atoms with Gasteiger partial charge in [-0.05, 0) is 66.7 Å². The highest BCUT2D eigenvalue weighted by atomic mass is 16.2. The van der Waals surface area contributed by atoms with E-state index in [1.807, 2.05) is 30.3 Å². The van der Waals surface area contributed by atoms with E-state index in [0.29, 0.717) is 22.8 Å². The molecule has 2 aliphatic heterocycles. The molecule has 9 heteroatoms. The van der Waals surface area contributed by atoms with Crippen LogP contribution in [0.1, 0.15) is 29.9 Å². The van der Waals surface area contributed by atoms with Gasteiger partial charge in [0.1, 0.15) is 5.82 Å². The molecule has 0 saturated carbocycles. The SMILES string of the molecule is Nc1nc(N)c2cc(-c3ccccc3)c(-c3ccc(CN4CCC(c5ccc6c(c5)[N]C(=O)N6)CC4)cc3)nc2n1. The van der Waals surface area contributed by atoms with E-state index in [1.54, 1.807) is 0 Å². The lowest BCUT2D eigenvalue weighted by Gasteiger charge is -2.32. The molecule has 4 heterocycles. The first-order valence-corrected chi connectivity index (χ1v) is 13.8. The van der Waals surface area contributed by atoms with Crippen LogP contribution in [-0.4, -0.2) is 39.0 Å². The summed E-state index contributed by atoms with van der Waals surface area (Å²) in [5, 5.41) is 7.52. The van der Waals surface area contributed by atoms with E-state index in [0.717, 1.165) is 66.2 Å². The van der Waals surface area contributed by atoms with Gasteiger partial charge in [-0.2, -0.15) is 15.3 Å². The molecule has 9 nitrogen and oxygen atoms in total. The summed E-state index contributed by atoms with van der Waals surface area (Å²) in [7, 11) is 0. The number of urea groups is 1. The van der Waals surface area contributed by atoms with Gasteiger partial charge in [-0.25, -0.2) is 9.78 Å². The molecule has 2 amide bonds. The second-order valence-electron chi connectivity index (χ2n) is 10.7.